The van der Waals surface area contributed by atoms with Crippen molar-refractivity contribution < 1.29 is 24.2 Å². The fraction of sp³-hybridized carbons (Fsp3) is 0.0625. The second-order valence-corrected chi connectivity index (χ2v) is 4.59. The molecular formula is C16H10O5. The van der Waals surface area contributed by atoms with Crippen molar-refractivity contribution in [3.05, 3.63) is 58.1 Å². The van der Waals surface area contributed by atoms with Crippen LogP contribution >= 0.6 is 0 Å². The van der Waals surface area contributed by atoms with Crippen LogP contribution < -0.4 is 4.74 Å². The first-order valence-electron chi connectivity index (χ1n) is 6.17. The number of phenols is 1. The molecule has 0 radical (unpaired) electrons. The Bertz CT molecular complexity index is 805. The van der Waals surface area contributed by atoms with Crippen molar-refractivity contribution in [1.82, 2.24) is 0 Å². The minimum absolute atomic E-state index is 0.0172. The highest BCUT2D eigenvalue weighted by Crippen LogP contribution is 2.38. The quantitative estimate of drug-likeness (QED) is 0.727. The first-order chi connectivity index (χ1) is 10.1. The highest BCUT2D eigenvalue weighted by Gasteiger charge is 2.34. The molecule has 0 aliphatic heterocycles. The molecule has 104 valence electrons. The van der Waals surface area contributed by atoms with E-state index in [0.717, 1.165) is 0 Å². The molecule has 2 aromatic carbocycles. The average molecular weight is 282 g/mol. The summed E-state index contributed by atoms with van der Waals surface area (Å²) in [6.07, 6.45) is 0.357. The summed E-state index contributed by atoms with van der Waals surface area (Å²) in [4.78, 5) is 36.3. The summed E-state index contributed by atoms with van der Waals surface area (Å²) >= 11 is 0. The van der Waals surface area contributed by atoms with Gasteiger partial charge in [-0.1, -0.05) is 24.3 Å². The van der Waals surface area contributed by atoms with Gasteiger partial charge in [0.15, 0.2) is 29.4 Å². The summed E-state index contributed by atoms with van der Waals surface area (Å²) < 4.78 is 4.95. The molecule has 1 N–H and O–H groups in total. The molecule has 1 aliphatic carbocycles. The van der Waals surface area contributed by atoms with Crippen LogP contribution in [-0.2, 0) is 0 Å². The number of benzene rings is 2. The van der Waals surface area contributed by atoms with E-state index in [9.17, 15) is 19.5 Å². The van der Waals surface area contributed by atoms with E-state index in [4.69, 9.17) is 4.74 Å². The lowest BCUT2D eigenvalue weighted by atomic mass is 9.81. The van der Waals surface area contributed by atoms with Crippen LogP contribution in [0.1, 0.15) is 42.2 Å². The van der Waals surface area contributed by atoms with Crippen molar-refractivity contribution in [3.8, 4) is 11.5 Å². The molecule has 0 spiro atoms. The van der Waals surface area contributed by atoms with Crippen molar-refractivity contribution in [2.45, 2.75) is 0 Å². The van der Waals surface area contributed by atoms with E-state index in [-0.39, 0.29) is 39.4 Å². The number of methoxy groups -OCH3 is 1. The second kappa shape index (κ2) is 4.56. The molecule has 0 unspecified atom stereocenters. The summed E-state index contributed by atoms with van der Waals surface area (Å²) in [5.74, 6) is -1.29. The van der Waals surface area contributed by atoms with Crippen molar-refractivity contribution in [2.75, 3.05) is 7.11 Å². The van der Waals surface area contributed by atoms with Gasteiger partial charge in [-0.05, 0) is 6.07 Å². The van der Waals surface area contributed by atoms with Crippen LogP contribution in [0, 0.1) is 0 Å². The number of aromatic hydroxyl groups is 1. The molecule has 21 heavy (non-hydrogen) atoms. The topological polar surface area (TPSA) is 80.7 Å². The van der Waals surface area contributed by atoms with E-state index in [0.29, 0.717) is 6.29 Å². The molecular weight excluding hydrogens is 272 g/mol. The molecule has 0 aromatic heterocycles. The molecule has 0 saturated heterocycles. The zero-order chi connectivity index (χ0) is 15.1. The first-order valence-corrected chi connectivity index (χ1v) is 6.17. The van der Waals surface area contributed by atoms with E-state index in [2.05, 4.69) is 0 Å². The Kier molecular flexibility index (Phi) is 2.83. The summed E-state index contributed by atoms with van der Waals surface area (Å²) in [5, 5.41) is 9.98. The standard InChI is InChI=1S/C16H10O5/c1-21-12-6-10-13(11(7-17)15(12)19)16(20)9-5-3-2-4-8(9)14(10)18/h2-7,19H,1H3. The maximum Gasteiger partial charge on any atom is 0.195 e. The number of carbonyl (C=O) groups excluding carboxylic acids is 3. The number of hydrogen-bond acceptors (Lipinski definition) is 5. The maximum absolute atomic E-state index is 12.5. The van der Waals surface area contributed by atoms with Gasteiger partial charge in [0.05, 0.1) is 12.7 Å². The fourth-order valence-electron chi connectivity index (χ4n) is 2.52. The van der Waals surface area contributed by atoms with Gasteiger partial charge in [-0.2, -0.15) is 0 Å². The van der Waals surface area contributed by atoms with Gasteiger partial charge in [0.1, 0.15) is 0 Å². The molecule has 0 saturated carbocycles. The van der Waals surface area contributed by atoms with Crippen molar-refractivity contribution in [1.29, 1.82) is 0 Å². The SMILES string of the molecule is COc1cc2c(c(C=O)c1O)C(=O)c1ccccc1C2=O. The zero-order valence-corrected chi connectivity index (χ0v) is 11.0. The van der Waals surface area contributed by atoms with Crippen LogP contribution in [-0.4, -0.2) is 30.1 Å². The highest BCUT2D eigenvalue weighted by molar-refractivity contribution is 6.30. The third-order valence-corrected chi connectivity index (χ3v) is 3.53. The molecule has 0 heterocycles. The van der Waals surface area contributed by atoms with Gasteiger partial charge in [0, 0.05) is 22.3 Å². The Labute approximate surface area is 119 Å². The molecule has 0 fully saturated rings. The lowest BCUT2D eigenvalue weighted by Crippen LogP contribution is -2.22. The van der Waals surface area contributed by atoms with Gasteiger partial charge >= 0.3 is 0 Å². The van der Waals surface area contributed by atoms with Gasteiger partial charge in [-0.25, -0.2) is 0 Å². The lowest BCUT2D eigenvalue weighted by molar-refractivity contribution is 0.0975. The Balaban J connectivity index is 2.40. The molecule has 5 heteroatoms. The highest BCUT2D eigenvalue weighted by atomic mass is 16.5. The third-order valence-electron chi connectivity index (χ3n) is 3.53. The lowest BCUT2D eigenvalue weighted by Gasteiger charge is -2.20. The summed E-state index contributed by atoms with van der Waals surface area (Å²) in [7, 11) is 1.30. The molecule has 0 atom stereocenters. The van der Waals surface area contributed by atoms with Gasteiger partial charge < -0.3 is 9.84 Å². The number of fused-ring (bicyclic) bond motifs is 2. The van der Waals surface area contributed by atoms with Crippen molar-refractivity contribution in [2.24, 2.45) is 0 Å². The minimum atomic E-state index is -0.458. The molecule has 0 bridgehead atoms. The maximum atomic E-state index is 12.5. The monoisotopic (exact) mass is 282 g/mol. The second-order valence-electron chi connectivity index (χ2n) is 4.59. The first kappa shape index (κ1) is 13.1. The Morgan fingerprint density at radius 1 is 1.05 bits per heavy atom. The molecule has 0 amide bonds. The fourth-order valence-corrected chi connectivity index (χ4v) is 2.52. The van der Waals surface area contributed by atoms with E-state index >= 15 is 0 Å². The smallest absolute Gasteiger partial charge is 0.195 e. The summed E-state index contributed by atoms with van der Waals surface area (Å²) in [6.45, 7) is 0. The number of ether oxygens (including phenoxy) is 1. The van der Waals surface area contributed by atoms with Crippen molar-refractivity contribution in [3.63, 3.8) is 0 Å². The van der Waals surface area contributed by atoms with Crippen LogP contribution in [0.25, 0.3) is 0 Å². The number of hydrogen-bond donors (Lipinski definition) is 1. The van der Waals surface area contributed by atoms with E-state index in [1.165, 1.54) is 19.2 Å². The van der Waals surface area contributed by atoms with Gasteiger partial charge in [0.2, 0.25) is 0 Å². The molecule has 5 nitrogen and oxygen atoms in total. The van der Waals surface area contributed by atoms with Crippen LogP contribution in [0.4, 0.5) is 0 Å². The van der Waals surface area contributed by atoms with Gasteiger partial charge in [-0.15, -0.1) is 0 Å². The van der Waals surface area contributed by atoms with Gasteiger partial charge in [-0.3, -0.25) is 14.4 Å². The Morgan fingerprint density at radius 3 is 2.24 bits per heavy atom. The predicted octanol–water partition coefficient (Wildman–Crippen LogP) is 1.99. The largest absolute Gasteiger partial charge is 0.504 e. The van der Waals surface area contributed by atoms with Crippen LogP contribution in [0.15, 0.2) is 30.3 Å². The average Bonchev–Trinajstić information content (AvgIpc) is 2.52. The molecule has 2 aromatic rings. The summed E-state index contributed by atoms with van der Waals surface area (Å²) in [5.41, 5.74) is 0.266. The van der Waals surface area contributed by atoms with Crippen LogP contribution in [0.2, 0.25) is 0 Å². The summed E-state index contributed by atoms with van der Waals surface area (Å²) in [6, 6.07) is 7.66. The van der Waals surface area contributed by atoms with E-state index in [1.54, 1.807) is 18.2 Å². The zero-order valence-electron chi connectivity index (χ0n) is 11.0. The molecule has 3 rings (SSSR count). The van der Waals surface area contributed by atoms with Crippen molar-refractivity contribution >= 4 is 17.9 Å². The third kappa shape index (κ3) is 1.67. The number of rotatable bonds is 2. The predicted molar refractivity (Wildman–Crippen MR) is 73.4 cm³/mol. The number of carbonyl (C=O) groups is 3. The van der Waals surface area contributed by atoms with E-state index < -0.39 is 11.5 Å². The van der Waals surface area contributed by atoms with Crippen LogP contribution in [0.3, 0.4) is 0 Å². The Hall–Kier alpha value is -2.95. The molecule has 1 aliphatic rings. The van der Waals surface area contributed by atoms with Gasteiger partial charge in [0.25, 0.3) is 0 Å². The van der Waals surface area contributed by atoms with Crippen LogP contribution in [0.5, 0.6) is 11.5 Å². The number of aldehydes is 1. The number of phenolic OH excluding ortho intramolecular Hbond substituents is 1. The Morgan fingerprint density at radius 2 is 1.67 bits per heavy atom. The van der Waals surface area contributed by atoms with E-state index in [1.807, 2.05) is 0 Å². The number of ketones is 2. The minimum Gasteiger partial charge on any atom is -0.504 e. The normalized spacial score (nSPS) is 12.6.